The molecule has 1 aliphatic rings. The molecule has 3 aromatic rings. The van der Waals surface area contributed by atoms with E-state index >= 15 is 0 Å². The highest BCUT2D eigenvalue weighted by Gasteiger charge is 2.23. The number of amides is 1. The number of carbonyl (C=O) groups is 1. The molecule has 34 heavy (non-hydrogen) atoms. The lowest BCUT2D eigenvalue weighted by Gasteiger charge is -2.30. The predicted octanol–water partition coefficient (Wildman–Crippen LogP) is 6.57. The topological polar surface area (TPSA) is 58.1 Å². The van der Waals surface area contributed by atoms with Gasteiger partial charge in [0.2, 0.25) is 5.91 Å². The summed E-state index contributed by atoms with van der Waals surface area (Å²) in [4.78, 5) is 24.1. The van der Waals surface area contributed by atoms with E-state index in [0.29, 0.717) is 16.5 Å². The summed E-state index contributed by atoms with van der Waals surface area (Å²) in [5.41, 5.74) is 4.76. The van der Waals surface area contributed by atoms with Crippen LogP contribution in [-0.2, 0) is 11.2 Å². The highest BCUT2D eigenvalue weighted by Crippen LogP contribution is 2.35. The molecule has 2 aromatic carbocycles. The van der Waals surface area contributed by atoms with Crippen molar-refractivity contribution < 1.29 is 4.79 Å². The van der Waals surface area contributed by atoms with Gasteiger partial charge in [-0.05, 0) is 49.9 Å². The van der Waals surface area contributed by atoms with E-state index in [4.69, 9.17) is 33.2 Å². The van der Waals surface area contributed by atoms with E-state index < -0.39 is 0 Å². The number of rotatable bonds is 9. The third-order valence-corrected chi connectivity index (χ3v) is 6.69. The zero-order chi connectivity index (χ0) is 23.9. The van der Waals surface area contributed by atoms with Gasteiger partial charge in [-0.25, -0.2) is 9.97 Å². The molecule has 178 valence electrons. The van der Waals surface area contributed by atoms with Crippen LogP contribution in [0.4, 0.5) is 5.82 Å². The van der Waals surface area contributed by atoms with Gasteiger partial charge in [0.25, 0.3) is 0 Å². The molecule has 1 N–H and O–H groups in total. The molecular weight excluding hydrogens is 467 g/mol. The van der Waals surface area contributed by atoms with Crippen LogP contribution in [0, 0.1) is 0 Å². The number of aromatic nitrogens is 2. The first-order valence-electron chi connectivity index (χ1n) is 11.9. The van der Waals surface area contributed by atoms with Crippen molar-refractivity contribution in [2.75, 3.05) is 25.0 Å². The fraction of sp³-hybridized carbons (Fsp3) is 0.370. The van der Waals surface area contributed by atoms with Crippen LogP contribution in [0.1, 0.15) is 44.2 Å². The van der Waals surface area contributed by atoms with Crippen molar-refractivity contribution in [3.8, 4) is 22.5 Å². The highest BCUT2D eigenvalue weighted by atomic mass is 35.5. The molecule has 1 aromatic heterocycles. The first-order chi connectivity index (χ1) is 16.5. The second kappa shape index (κ2) is 11.7. The summed E-state index contributed by atoms with van der Waals surface area (Å²) in [5, 5.41) is 4.08. The summed E-state index contributed by atoms with van der Waals surface area (Å²) in [5.74, 6) is 1.10. The minimum atomic E-state index is 0.117. The molecule has 0 saturated heterocycles. The molecule has 0 spiro atoms. The average Bonchev–Trinajstić information content (AvgIpc) is 2.86. The zero-order valence-corrected chi connectivity index (χ0v) is 21.0. The van der Waals surface area contributed by atoms with Crippen LogP contribution in [0.5, 0.6) is 0 Å². The number of hydrogen-bond acceptors (Lipinski definition) is 4. The van der Waals surface area contributed by atoms with Crippen LogP contribution in [0.3, 0.4) is 0 Å². The van der Waals surface area contributed by atoms with Crippen molar-refractivity contribution in [1.29, 1.82) is 0 Å². The van der Waals surface area contributed by atoms with Crippen molar-refractivity contribution in [3.63, 3.8) is 0 Å². The quantitative estimate of drug-likeness (QED) is 0.340. The third kappa shape index (κ3) is 6.08. The molecule has 0 bridgehead atoms. The smallest absolute Gasteiger partial charge is 0.219 e. The van der Waals surface area contributed by atoms with Crippen LogP contribution in [0.15, 0.2) is 48.5 Å². The van der Waals surface area contributed by atoms with Gasteiger partial charge in [0.15, 0.2) is 5.82 Å². The van der Waals surface area contributed by atoms with Crippen LogP contribution in [0.2, 0.25) is 10.0 Å². The second-order valence-electron chi connectivity index (χ2n) is 8.63. The lowest BCUT2D eigenvalue weighted by atomic mass is 10.0. The molecule has 7 heteroatoms. The minimum Gasteiger partial charge on any atom is -0.359 e. The predicted molar refractivity (Wildman–Crippen MR) is 141 cm³/mol. The normalized spacial score (nSPS) is 13.0. The van der Waals surface area contributed by atoms with Crippen LogP contribution >= 0.6 is 23.2 Å². The maximum absolute atomic E-state index is 11.4. The van der Waals surface area contributed by atoms with Crippen LogP contribution in [0.25, 0.3) is 22.5 Å². The Morgan fingerprint density at radius 3 is 2.09 bits per heavy atom. The lowest BCUT2D eigenvalue weighted by molar-refractivity contribution is -0.120. The minimum absolute atomic E-state index is 0.117. The largest absolute Gasteiger partial charge is 0.359 e. The van der Waals surface area contributed by atoms with E-state index in [1.54, 1.807) is 7.05 Å². The number of fused-ring (bicyclic) bond motifs is 1. The third-order valence-electron chi connectivity index (χ3n) is 6.18. The van der Waals surface area contributed by atoms with Crippen LogP contribution < -0.4 is 10.2 Å². The van der Waals surface area contributed by atoms with E-state index in [1.807, 2.05) is 48.5 Å². The second-order valence-corrected chi connectivity index (χ2v) is 9.51. The lowest BCUT2D eigenvalue weighted by Crippen LogP contribution is -2.32. The fourth-order valence-electron chi connectivity index (χ4n) is 4.33. The number of nitrogens with zero attached hydrogens (tertiary/aromatic N) is 3. The maximum atomic E-state index is 11.4. The van der Waals surface area contributed by atoms with Gasteiger partial charge in [0.1, 0.15) is 0 Å². The number of halogens is 2. The van der Waals surface area contributed by atoms with Crippen molar-refractivity contribution in [2.24, 2.45) is 0 Å². The summed E-state index contributed by atoms with van der Waals surface area (Å²) >= 11 is 12.3. The van der Waals surface area contributed by atoms with Gasteiger partial charge in [-0.1, -0.05) is 60.3 Å². The van der Waals surface area contributed by atoms with Gasteiger partial charge in [0.05, 0.1) is 17.1 Å². The Hall–Kier alpha value is -2.63. The number of unbranched alkanes of at least 4 members (excludes halogenated alkanes) is 3. The molecule has 0 aliphatic carbocycles. The molecule has 2 heterocycles. The number of carbonyl (C=O) groups excluding carboxylic acids is 1. The Morgan fingerprint density at radius 2 is 1.47 bits per heavy atom. The molecule has 0 saturated carbocycles. The van der Waals surface area contributed by atoms with E-state index in [0.717, 1.165) is 85.6 Å². The molecule has 1 amide bonds. The Labute approximate surface area is 211 Å². The maximum Gasteiger partial charge on any atom is 0.219 e. The van der Waals surface area contributed by atoms with Gasteiger partial charge >= 0.3 is 0 Å². The molecule has 0 fully saturated rings. The Balaban J connectivity index is 1.57. The van der Waals surface area contributed by atoms with Crippen molar-refractivity contribution in [3.05, 3.63) is 64.3 Å². The van der Waals surface area contributed by atoms with Gasteiger partial charge in [-0.2, -0.15) is 0 Å². The molecule has 0 unspecified atom stereocenters. The van der Waals surface area contributed by atoms with Crippen molar-refractivity contribution >= 4 is 34.9 Å². The van der Waals surface area contributed by atoms with Crippen molar-refractivity contribution in [2.45, 2.75) is 44.9 Å². The molecule has 0 atom stereocenters. The summed E-state index contributed by atoms with van der Waals surface area (Å²) in [6.07, 6.45) is 6.76. The van der Waals surface area contributed by atoms with Gasteiger partial charge < -0.3 is 10.2 Å². The first-order valence-corrected chi connectivity index (χ1v) is 12.7. The molecule has 4 rings (SSSR count). The number of hydrogen-bond donors (Lipinski definition) is 1. The summed E-state index contributed by atoms with van der Waals surface area (Å²) < 4.78 is 0. The Kier molecular flexibility index (Phi) is 8.41. The fourth-order valence-corrected chi connectivity index (χ4v) is 4.58. The van der Waals surface area contributed by atoms with Crippen LogP contribution in [-0.4, -0.2) is 36.0 Å². The monoisotopic (exact) mass is 496 g/mol. The van der Waals surface area contributed by atoms with Crippen molar-refractivity contribution in [1.82, 2.24) is 15.3 Å². The van der Waals surface area contributed by atoms with E-state index in [9.17, 15) is 4.79 Å². The van der Waals surface area contributed by atoms with Gasteiger partial charge in [-0.15, -0.1) is 0 Å². The average molecular weight is 497 g/mol. The summed E-state index contributed by atoms with van der Waals surface area (Å²) in [6.45, 7) is 1.93. The number of benzene rings is 2. The number of nitrogens with one attached hydrogen (secondary N) is 1. The summed E-state index contributed by atoms with van der Waals surface area (Å²) in [6, 6.07) is 15.5. The Bertz CT molecular complexity index is 1120. The SMILES string of the molecule is CNC(=O)CCCCCCN1CCCc2nc(-c3ccc(Cl)cc3)c(-c3ccc(Cl)cc3)nc21. The number of anilines is 1. The molecular formula is C27H30Cl2N4O. The first kappa shape index (κ1) is 24.5. The highest BCUT2D eigenvalue weighted by molar-refractivity contribution is 6.31. The molecule has 5 nitrogen and oxygen atoms in total. The zero-order valence-electron chi connectivity index (χ0n) is 19.5. The summed E-state index contributed by atoms with van der Waals surface area (Å²) in [7, 11) is 1.69. The molecule has 1 aliphatic heterocycles. The van der Waals surface area contributed by atoms with E-state index in [-0.39, 0.29) is 5.91 Å². The van der Waals surface area contributed by atoms with E-state index in [1.165, 1.54) is 0 Å². The number of aryl methyl sites for hydroxylation is 1. The van der Waals surface area contributed by atoms with Gasteiger partial charge in [-0.3, -0.25) is 4.79 Å². The molecule has 0 radical (unpaired) electrons. The standard InChI is InChI=1S/C27H30Cl2N4O/c1-30-24(34)8-4-2-3-5-17-33-18-6-7-23-27(33)32-26(20-11-15-22(29)16-12-20)25(31-23)19-9-13-21(28)14-10-19/h9-16H,2-8,17-18H2,1H3,(H,30,34). The van der Waals surface area contributed by atoms with E-state index in [2.05, 4.69) is 10.2 Å². The Morgan fingerprint density at radius 1 is 0.882 bits per heavy atom. The van der Waals surface area contributed by atoms with Gasteiger partial charge in [0, 0.05) is 47.7 Å².